The summed E-state index contributed by atoms with van der Waals surface area (Å²) in [5.41, 5.74) is 4.32. The first kappa shape index (κ1) is 17.5. The minimum absolute atomic E-state index is 0.253. The summed E-state index contributed by atoms with van der Waals surface area (Å²) in [4.78, 5) is 23.0. The van der Waals surface area contributed by atoms with Crippen molar-refractivity contribution in [2.45, 2.75) is 33.6 Å². The van der Waals surface area contributed by atoms with Crippen LogP contribution in [0.5, 0.6) is 0 Å². The Bertz CT molecular complexity index is 1000. The van der Waals surface area contributed by atoms with Crippen molar-refractivity contribution in [3.05, 3.63) is 47.4 Å². The van der Waals surface area contributed by atoms with Crippen LogP contribution in [0.2, 0.25) is 0 Å². The van der Waals surface area contributed by atoms with Gasteiger partial charge in [0.05, 0.1) is 11.3 Å². The van der Waals surface area contributed by atoms with Crippen molar-refractivity contribution in [1.29, 1.82) is 0 Å². The molecule has 1 aromatic carbocycles. The quantitative estimate of drug-likeness (QED) is 0.768. The molecule has 0 unspecified atom stereocenters. The van der Waals surface area contributed by atoms with Crippen LogP contribution in [0.1, 0.15) is 29.9 Å². The molecule has 0 saturated carbocycles. The Labute approximate surface area is 158 Å². The molecule has 1 N–H and O–H groups in total. The number of hydrogen-bond acceptors (Lipinski definition) is 4. The van der Waals surface area contributed by atoms with Crippen LogP contribution in [0.4, 0.5) is 5.82 Å². The molecule has 0 amide bonds. The summed E-state index contributed by atoms with van der Waals surface area (Å²) >= 11 is 0. The maximum absolute atomic E-state index is 11.3. The number of fused-ring (bicyclic) bond motifs is 1. The van der Waals surface area contributed by atoms with Crippen LogP contribution < -0.4 is 4.90 Å². The predicted octanol–water partition coefficient (Wildman–Crippen LogP) is 3.65. The molecular formula is C21H24N4O2. The summed E-state index contributed by atoms with van der Waals surface area (Å²) in [6.45, 7) is 7.55. The molecule has 0 radical (unpaired) electrons. The number of aliphatic carboxylic acids is 1. The van der Waals surface area contributed by atoms with Gasteiger partial charge in [0, 0.05) is 24.5 Å². The van der Waals surface area contributed by atoms with Crippen LogP contribution in [0.15, 0.2) is 30.3 Å². The van der Waals surface area contributed by atoms with Gasteiger partial charge in [0.2, 0.25) is 0 Å². The van der Waals surface area contributed by atoms with Crippen molar-refractivity contribution < 1.29 is 9.90 Å². The summed E-state index contributed by atoms with van der Waals surface area (Å²) in [6.07, 6.45) is 1.30. The molecule has 3 aromatic rings. The van der Waals surface area contributed by atoms with E-state index in [0.717, 1.165) is 34.1 Å². The van der Waals surface area contributed by atoms with Crippen LogP contribution >= 0.6 is 0 Å². The van der Waals surface area contributed by atoms with E-state index in [0.29, 0.717) is 25.9 Å². The summed E-state index contributed by atoms with van der Waals surface area (Å²) in [5.74, 6) is 0.710. The highest BCUT2D eigenvalue weighted by molar-refractivity contribution is 5.93. The lowest BCUT2D eigenvalue weighted by Gasteiger charge is -2.31. The van der Waals surface area contributed by atoms with E-state index in [4.69, 9.17) is 9.97 Å². The molecule has 4 rings (SSSR count). The number of carboxylic acid groups (broad SMARTS) is 1. The Balaban J connectivity index is 1.85. The van der Waals surface area contributed by atoms with Crippen molar-refractivity contribution in [3.63, 3.8) is 0 Å². The lowest BCUT2D eigenvalue weighted by molar-refractivity contribution is -0.142. The summed E-state index contributed by atoms with van der Waals surface area (Å²) in [7, 11) is 0. The molecule has 1 aliphatic heterocycles. The van der Waals surface area contributed by atoms with Crippen LogP contribution in [0.3, 0.4) is 0 Å². The second-order valence-electron chi connectivity index (χ2n) is 7.27. The lowest BCUT2D eigenvalue weighted by Crippen LogP contribution is -2.37. The number of hydrogen-bond donors (Lipinski definition) is 1. The number of aromatic nitrogens is 3. The van der Waals surface area contributed by atoms with E-state index in [1.54, 1.807) is 0 Å². The van der Waals surface area contributed by atoms with Crippen LogP contribution in [0.25, 0.3) is 16.7 Å². The summed E-state index contributed by atoms with van der Waals surface area (Å²) in [6, 6.07) is 10.2. The van der Waals surface area contributed by atoms with Crippen molar-refractivity contribution in [2.75, 3.05) is 18.0 Å². The molecule has 3 heterocycles. The fourth-order valence-electron chi connectivity index (χ4n) is 4.01. The van der Waals surface area contributed by atoms with E-state index in [1.807, 2.05) is 25.1 Å². The summed E-state index contributed by atoms with van der Waals surface area (Å²) < 4.78 is 2.19. The minimum atomic E-state index is -0.694. The number of rotatable bonds is 3. The first-order chi connectivity index (χ1) is 13.0. The zero-order valence-electron chi connectivity index (χ0n) is 15.9. The highest BCUT2D eigenvalue weighted by Gasteiger charge is 2.28. The largest absolute Gasteiger partial charge is 0.481 e. The number of benzene rings is 1. The first-order valence-electron chi connectivity index (χ1n) is 9.36. The number of carboxylic acids is 1. The fraction of sp³-hybridized carbons (Fsp3) is 0.381. The van der Waals surface area contributed by atoms with Gasteiger partial charge < -0.3 is 10.0 Å². The standard InChI is InChI=1S/C21H24N4O2/c1-13-14(2)25(17-7-5-4-6-8-17)20-18(13)19(22-15(3)23-20)24-11-9-16(10-12-24)21(26)27/h4-8,16H,9-12H2,1-3H3,(H,26,27). The average Bonchev–Trinajstić information content (AvgIpc) is 2.92. The van der Waals surface area contributed by atoms with E-state index < -0.39 is 5.97 Å². The molecule has 0 aliphatic carbocycles. The van der Waals surface area contributed by atoms with Gasteiger partial charge in [-0.3, -0.25) is 9.36 Å². The van der Waals surface area contributed by atoms with Gasteiger partial charge in [-0.2, -0.15) is 0 Å². The number of nitrogens with zero attached hydrogens (tertiary/aromatic N) is 4. The predicted molar refractivity (Wildman–Crippen MR) is 106 cm³/mol. The van der Waals surface area contributed by atoms with Gasteiger partial charge in [0.1, 0.15) is 11.6 Å². The fourth-order valence-corrected chi connectivity index (χ4v) is 4.01. The highest BCUT2D eigenvalue weighted by Crippen LogP contribution is 2.35. The van der Waals surface area contributed by atoms with E-state index in [-0.39, 0.29) is 5.92 Å². The monoisotopic (exact) mass is 364 g/mol. The number of piperidine rings is 1. The van der Waals surface area contributed by atoms with Gasteiger partial charge >= 0.3 is 5.97 Å². The van der Waals surface area contributed by atoms with E-state index in [2.05, 4.69) is 35.4 Å². The molecule has 6 heteroatoms. The Morgan fingerprint density at radius 3 is 2.37 bits per heavy atom. The third-order valence-corrected chi connectivity index (χ3v) is 5.61. The maximum Gasteiger partial charge on any atom is 0.306 e. The van der Waals surface area contributed by atoms with Gasteiger partial charge in [-0.15, -0.1) is 0 Å². The zero-order valence-corrected chi connectivity index (χ0v) is 15.9. The normalized spacial score (nSPS) is 15.4. The first-order valence-corrected chi connectivity index (χ1v) is 9.36. The SMILES string of the molecule is Cc1nc(N2CCC(C(=O)O)CC2)c2c(C)c(C)n(-c3ccccc3)c2n1. The molecule has 0 bridgehead atoms. The molecule has 1 aliphatic rings. The van der Waals surface area contributed by atoms with E-state index in [9.17, 15) is 9.90 Å². The second-order valence-corrected chi connectivity index (χ2v) is 7.27. The van der Waals surface area contributed by atoms with Crippen molar-refractivity contribution in [1.82, 2.24) is 14.5 Å². The van der Waals surface area contributed by atoms with Crippen LogP contribution in [-0.2, 0) is 4.79 Å². The Kier molecular flexibility index (Phi) is 4.34. The molecule has 1 fully saturated rings. The molecule has 27 heavy (non-hydrogen) atoms. The van der Waals surface area contributed by atoms with E-state index in [1.165, 1.54) is 5.56 Å². The third-order valence-electron chi connectivity index (χ3n) is 5.61. The van der Waals surface area contributed by atoms with Crippen molar-refractivity contribution in [2.24, 2.45) is 5.92 Å². The summed E-state index contributed by atoms with van der Waals surface area (Å²) in [5, 5.41) is 10.3. The molecule has 2 aromatic heterocycles. The Morgan fingerprint density at radius 1 is 1.07 bits per heavy atom. The molecule has 140 valence electrons. The second kappa shape index (κ2) is 6.68. The van der Waals surface area contributed by atoms with Gasteiger partial charge in [-0.1, -0.05) is 18.2 Å². The lowest BCUT2D eigenvalue weighted by atomic mass is 9.97. The molecular weight excluding hydrogens is 340 g/mol. The number of aryl methyl sites for hydroxylation is 2. The van der Waals surface area contributed by atoms with Crippen LogP contribution in [-0.4, -0.2) is 38.7 Å². The van der Waals surface area contributed by atoms with E-state index >= 15 is 0 Å². The van der Waals surface area contributed by atoms with Crippen molar-refractivity contribution >= 4 is 22.8 Å². The maximum atomic E-state index is 11.3. The third kappa shape index (κ3) is 2.95. The topological polar surface area (TPSA) is 71.2 Å². The average molecular weight is 364 g/mol. The van der Waals surface area contributed by atoms with Gasteiger partial charge in [0.15, 0.2) is 5.65 Å². The smallest absolute Gasteiger partial charge is 0.306 e. The van der Waals surface area contributed by atoms with Gasteiger partial charge in [-0.05, 0) is 51.3 Å². The Morgan fingerprint density at radius 2 is 1.74 bits per heavy atom. The van der Waals surface area contributed by atoms with Crippen molar-refractivity contribution in [3.8, 4) is 5.69 Å². The van der Waals surface area contributed by atoms with Crippen LogP contribution in [0, 0.1) is 26.7 Å². The van der Waals surface area contributed by atoms with Gasteiger partial charge in [0.25, 0.3) is 0 Å². The highest BCUT2D eigenvalue weighted by atomic mass is 16.4. The minimum Gasteiger partial charge on any atom is -0.481 e. The van der Waals surface area contributed by atoms with Gasteiger partial charge in [-0.25, -0.2) is 9.97 Å². The Hall–Kier alpha value is -2.89. The number of carbonyl (C=O) groups is 1. The number of para-hydroxylation sites is 1. The zero-order chi connectivity index (χ0) is 19.1. The molecule has 1 saturated heterocycles. The molecule has 0 atom stereocenters. The molecule has 0 spiro atoms. The molecule has 6 nitrogen and oxygen atoms in total. The number of anilines is 1.